The number of hydrogen-bond acceptors (Lipinski definition) is 5. The van der Waals surface area contributed by atoms with Gasteiger partial charge < -0.3 is 15.2 Å². The number of aryl methyl sites for hydroxylation is 2. The molecule has 22 heavy (non-hydrogen) atoms. The Labute approximate surface area is 128 Å². The van der Waals surface area contributed by atoms with Crippen molar-refractivity contribution in [3.05, 3.63) is 52.0 Å². The maximum absolute atomic E-state index is 9.49. The molecule has 0 amide bonds. The highest BCUT2D eigenvalue weighted by atomic mass is 16.5. The van der Waals surface area contributed by atoms with Crippen LogP contribution in [0.1, 0.15) is 28.3 Å². The molecule has 1 aliphatic heterocycles. The minimum Gasteiger partial charge on any atom is -0.496 e. The summed E-state index contributed by atoms with van der Waals surface area (Å²) < 4.78 is 10.7. The van der Waals surface area contributed by atoms with E-state index in [2.05, 4.69) is 16.3 Å². The van der Waals surface area contributed by atoms with Crippen LogP contribution in [0.4, 0.5) is 0 Å². The molecule has 0 fully saturated rings. The first-order valence-electron chi connectivity index (χ1n) is 6.83. The molecule has 3 N–H and O–H groups in total. The zero-order valence-electron chi connectivity index (χ0n) is 12.6. The Morgan fingerprint density at radius 3 is 2.82 bits per heavy atom. The van der Waals surface area contributed by atoms with E-state index in [1.807, 2.05) is 32.0 Å². The number of ether oxygens (including phenoxy) is 2. The highest BCUT2D eigenvalue weighted by Crippen LogP contribution is 2.43. The third kappa shape index (κ3) is 1.99. The molecule has 1 atom stereocenters. The molecular formula is C16H16N4O2. The van der Waals surface area contributed by atoms with Crippen molar-refractivity contribution in [2.75, 3.05) is 7.11 Å². The van der Waals surface area contributed by atoms with E-state index in [0.717, 1.165) is 28.1 Å². The van der Waals surface area contributed by atoms with Crippen LogP contribution in [0, 0.1) is 25.2 Å². The number of H-pyrrole nitrogens is 1. The van der Waals surface area contributed by atoms with Crippen molar-refractivity contribution in [1.82, 2.24) is 10.2 Å². The zero-order chi connectivity index (χ0) is 15.9. The van der Waals surface area contributed by atoms with Gasteiger partial charge in [-0.05, 0) is 31.0 Å². The number of nitrogens with one attached hydrogen (secondary N) is 1. The van der Waals surface area contributed by atoms with Crippen LogP contribution in [-0.4, -0.2) is 17.3 Å². The minimum atomic E-state index is -0.294. The van der Waals surface area contributed by atoms with Crippen molar-refractivity contribution >= 4 is 0 Å². The van der Waals surface area contributed by atoms with Crippen LogP contribution in [0.5, 0.6) is 11.6 Å². The first kappa shape index (κ1) is 14.0. The second-order valence-corrected chi connectivity index (χ2v) is 5.22. The molecule has 0 radical (unpaired) electrons. The Bertz CT molecular complexity index is 814. The maximum atomic E-state index is 9.49. The molecule has 1 aliphatic rings. The van der Waals surface area contributed by atoms with E-state index in [1.165, 1.54) is 0 Å². The predicted molar refractivity (Wildman–Crippen MR) is 80.4 cm³/mol. The quantitative estimate of drug-likeness (QED) is 0.886. The fourth-order valence-corrected chi connectivity index (χ4v) is 2.81. The van der Waals surface area contributed by atoms with E-state index in [4.69, 9.17) is 15.2 Å². The summed E-state index contributed by atoms with van der Waals surface area (Å²) in [5.41, 5.74) is 9.92. The first-order valence-corrected chi connectivity index (χ1v) is 6.83. The monoisotopic (exact) mass is 296 g/mol. The Balaban J connectivity index is 2.21. The third-order valence-corrected chi connectivity index (χ3v) is 3.88. The molecule has 1 aromatic carbocycles. The summed E-state index contributed by atoms with van der Waals surface area (Å²) in [7, 11) is 1.63. The number of methoxy groups -OCH3 is 1. The molecule has 0 spiro atoms. The summed E-state index contributed by atoms with van der Waals surface area (Å²) in [5, 5.41) is 16.5. The fraction of sp³-hybridized carbons (Fsp3) is 0.250. The Kier molecular flexibility index (Phi) is 3.26. The number of fused-ring (bicyclic) bond motifs is 1. The van der Waals surface area contributed by atoms with E-state index < -0.39 is 0 Å². The maximum Gasteiger partial charge on any atom is 0.244 e. The van der Waals surface area contributed by atoms with Crippen LogP contribution in [0.3, 0.4) is 0 Å². The van der Waals surface area contributed by atoms with Crippen molar-refractivity contribution in [1.29, 1.82) is 5.26 Å². The second-order valence-electron chi connectivity index (χ2n) is 5.22. The van der Waals surface area contributed by atoms with Crippen molar-refractivity contribution in [2.45, 2.75) is 19.8 Å². The molecule has 0 saturated carbocycles. The van der Waals surface area contributed by atoms with Crippen LogP contribution < -0.4 is 15.2 Å². The van der Waals surface area contributed by atoms with Gasteiger partial charge in [0.1, 0.15) is 17.4 Å². The van der Waals surface area contributed by atoms with Gasteiger partial charge >= 0.3 is 0 Å². The van der Waals surface area contributed by atoms with Gasteiger partial charge in [0, 0.05) is 11.3 Å². The van der Waals surface area contributed by atoms with Crippen molar-refractivity contribution in [3.8, 4) is 17.7 Å². The topological polar surface area (TPSA) is 96.9 Å². The largest absolute Gasteiger partial charge is 0.496 e. The van der Waals surface area contributed by atoms with Crippen LogP contribution in [-0.2, 0) is 0 Å². The van der Waals surface area contributed by atoms with Gasteiger partial charge in [-0.3, -0.25) is 5.10 Å². The van der Waals surface area contributed by atoms with Crippen molar-refractivity contribution in [3.63, 3.8) is 0 Å². The molecule has 2 heterocycles. The predicted octanol–water partition coefficient (Wildman–Crippen LogP) is 2.25. The number of benzene rings is 1. The molecule has 6 heteroatoms. The summed E-state index contributed by atoms with van der Waals surface area (Å²) in [4.78, 5) is 0. The number of nitriles is 1. The summed E-state index contributed by atoms with van der Waals surface area (Å²) in [6.45, 7) is 3.86. The lowest BCUT2D eigenvalue weighted by Crippen LogP contribution is -2.21. The van der Waals surface area contributed by atoms with Gasteiger partial charge in [0.25, 0.3) is 0 Å². The van der Waals surface area contributed by atoms with Crippen LogP contribution in [0.25, 0.3) is 0 Å². The van der Waals surface area contributed by atoms with Crippen LogP contribution in [0.15, 0.2) is 29.7 Å². The molecule has 6 nitrogen and oxygen atoms in total. The molecule has 0 unspecified atom stereocenters. The van der Waals surface area contributed by atoms with E-state index >= 15 is 0 Å². The van der Waals surface area contributed by atoms with Crippen LogP contribution in [0.2, 0.25) is 0 Å². The fourth-order valence-electron chi connectivity index (χ4n) is 2.81. The Morgan fingerprint density at radius 2 is 2.18 bits per heavy atom. The van der Waals surface area contributed by atoms with Gasteiger partial charge in [0.2, 0.25) is 11.8 Å². The SMILES string of the molecule is COc1ccc([C@@H]2C(C#N)=C(N)Oc3n[nH]c(C)c32)cc1C. The van der Waals surface area contributed by atoms with Gasteiger partial charge in [0.05, 0.1) is 13.0 Å². The minimum absolute atomic E-state index is 0.0972. The Hall–Kier alpha value is -2.94. The molecular weight excluding hydrogens is 280 g/mol. The lowest BCUT2D eigenvalue weighted by Gasteiger charge is -2.24. The summed E-state index contributed by atoms with van der Waals surface area (Å²) >= 11 is 0. The van der Waals surface area contributed by atoms with E-state index in [-0.39, 0.29) is 11.8 Å². The van der Waals surface area contributed by atoms with Crippen LogP contribution >= 0.6 is 0 Å². The highest BCUT2D eigenvalue weighted by molar-refractivity contribution is 5.56. The number of hydrogen-bond donors (Lipinski definition) is 2. The number of nitrogens with zero attached hydrogens (tertiary/aromatic N) is 2. The number of aromatic nitrogens is 2. The van der Waals surface area contributed by atoms with Crippen molar-refractivity contribution in [2.24, 2.45) is 5.73 Å². The summed E-state index contributed by atoms with van der Waals surface area (Å²) in [5.74, 6) is 1.03. The highest BCUT2D eigenvalue weighted by Gasteiger charge is 2.34. The lowest BCUT2D eigenvalue weighted by atomic mass is 9.83. The number of allylic oxidation sites excluding steroid dienone is 1. The zero-order valence-corrected chi connectivity index (χ0v) is 12.6. The molecule has 1 aromatic heterocycles. The van der Waals surface area contributed by atoms with Gasteiger partial charge in [-0.2, -0.15) is 5.26 Å². The van der Waals surface area contributed by atoms with E-state index in [1.54, 1.807) is 7.11 Å². The number of nitrogens with two attached hydrogens (primary N) is 1. The number of rotatable bonds is 2. The molecule has 2 aromatic rings. The average Bonchev–Trinajstić information content (AvgIpc) is 2.86. The molecule has 112 valence electrons. The molecule has 0 bridgehead atoms. The number of aromatic amines is 1. The first-order chi connectivity index (χ1) is 10.6. The smallest absolute Gasteiger partial charge is 0.244 e. The standard InChI is InChI=1S/C16H16N4O2/c1-8-6-10(4-5-12(8)21-3)14-11(7-17)15(18)22-16-13(14)9(2)19-20-16/h4-6,14H,18H2,1-3H3,(H,19,20)/t14-/m1/s1. The normalized spacial score (nSPS) is 16.7. The molecule has 3 rings (SSSR count). The van der Waals surface area contributed by atoms with Gasteiger partial charge in [-0.15, -0.1) is 5.10 Å². The molecule has 0 saturated heterocycles. The third-order valence-electron chi connectivity index (χ3n) is 3.88. The van der Waals surface area contributed by atoms with E-state index in [9.17, 15) is 5.26 Å². The molecule has 0 aliphatic carbocycles. The summed E-state index contributed by atoms with van der Waals surface area (Å²) in [6.07, 6.45) is 0. The van der Waals surface area contributed by atoms with Gasteiger partial charge in [-0.25, -0.2) is 0 Å². The lowest BCUT2D eigenvalue weighted by molar-refractivity contribution is 0.378. The van der Waals surface area contributed by atoms with Gasteiger partial charge in [-0.1, -0.05) is 12.1 Å². The second kappa shape index (κ2) is 5.11. The Morgan fingerprint density at radius 1 is 1.41 bits per heavy atom. The van der Waals surface area contributed by atoms with Crippen molar-refractivity contribution < 1.29 is 9.47 Å². The van der Waals surface area contributed by atoms with Gasteiger partial charge in [0.15, 0.2) is 0 Å². The van der Waals surface area contributed by atoms with E-state index in [0.29, 0.717) is 11.5 Å². The summed E-state index contributed by atoms with van der Waals surface area (Å²) in [6, 6.07) is 7.98. The average molecular weight is 296 g/mol.